The predicted molar refractivity (Wildman–Crippen MR) is 76.0 cm³/mol. The molecule has 1 aromatic heterocycles. The second-order valence-electron chi connectivity index (χ2n) is 5.16. The lowest BCUT2D eigenvalue weighted by Gasteiger charge is -2.14. The van der Waals surface area contributed by atoms with E-state index in [0.717, 1.165) is 23.6 Å². The largest absolute Gasteiger partial charge is 0.217 e. The molecule has 1 saturated carbocycles. The normalized spacial score (nSPS) is 17.5. The molecule has 1 fully saturated rings. The van der Waals surface area contributed by atoms with Gasteiger partial charge in [-0.25, -0.2) is 9.07 Å². The highest BCUT2D eigenvalue weighted by atomic mass is 32.2. The summed E-state index contributed by atoms with van der Waals surface area (Å²) in [7, 11) is 0. The number of hydrogen-bond acceptors (Lipinski definition) is 4. The van der Waals surface area contributed by atoms with E-state index < -0.39 is 0 Å². The number of nitrogens with zero attached hydrogens (tertiary/aromatic N) is 4. The Balaban J connectivity index is 1.74. The van der Waals surface area contributed by atoms with Crippen molar-refractivity contribution in [2.24, 2.45) is 0 Å². The van der Waals surface area contributed by atoms with Gasteiger partial charge in [-0.15, -0.1) is 5.10 Å². The molecule has 0 spiro atoms. The second kappa shape index (κ2) is 5.91. The van der Waals surface area contributed by atoms with Crippen LogP contribution in [0.5, 0.6) is 0 Å². The number of aromatic nitrogens is 4. The van der Waals surface area contributed by atoms with Crippen molar-refractivity contribution >= 4 is 11.8 Å². The van der Waals surface area contributed by atoms with Crippen LogP contribution < -0.4 is 0 Å². The maximum atomic E-state index is 13.0. The Labute approximate surface area is 121 Å². The third-order valence-corrected chi connectivity index (χ3v) is 4.86. The number of tetrazole rings is 1. The van der Waals surface area contributed by atoms with E-state index in [0.29, 0.717) is 6.04 Å². The predicted octanol–water partition coefficient (Wildman–Crippen LogP) is 3.78. The zero-order valence-corrected chi connectivity index (χ0v) is 12.2. The summed E-state index contributed by atoms with van der Waals surface area (Å²) in [6.45, 7) is 2.09. The molecule has 20 heavy (non-hydrogen) atoms. The minimum absolute atomic E-state index is 0.196. The molecule has 0 N–H and O–H groups in total. The summed E-state index contributed by atoms with van der Waals surface area (Å²) < 4.78 is 14.9. The fourth-order valence-corrected chi connectivity index (χ4v) is 3.59. The molecule has 4 nitrogen and oxygen atoms in total. The first kappa shape index (κ1) is 13.5. The van der Waals surface area contributed by atoms with Gasteiger partial charge >= 0.3 is 0 Å². The molecule has 1 aromatic carbocycles. The molecule has 0 amide bonds. The van der Waals surface area contributed by atoms with E-state index in [2.05, 4.69) is 22.4 Å². The number of hydrogen-bond donors (Lipinski definition) is 0. The van der Waals surface area contributed by atoms with Crippen molar-refractivity contribution in [2.75, 3.05) is 0 Å². The van der Waals surface area contributed by atoms with Crippen LogP contribution in [0.25, 0.3) is 0 Å². The molecular weight excluding hydrogens is 275 g/mol. The molecule has 106 valence electrons. The topological polar surface area (TPSA) is 43.6 Å². The highest BCUT2D eigenvalue weighted by Gasteiger charge is 2.23. The summed E-state index contributed by atoms with van der Waals surface area (Å²) in [6, 6.07) is 7.06. The van der Waals surface area contributed by atoms with Crippen molar-refractivity contribution in [3.05, 3.63) is 35.6 Å². The minimum Gasteiger partial charge on any atom is -0.217 e. The van der Waals surface area contributed by atoms with Crippen molar-refractivity contribution in [1.82, 2.24) is 20.2 Å². The van der Waals surface area contributed by atoms with Gasteiger partial charge in [0.05, 0.1) is 6.04 Å². The highest BCUT2D eigenvalue weighted by Crippen LogP contribution is 2.37. The van der Waals surface area contributed by atoms with Gasteiger partial charge in [0, 0.05) is 5.25 Å². The molecule has 0 aliphatic heterocycles. The second-order valence-corrected chi connectivity index (χ2v) is 6.46. The van der Waals surface area contributed by atoms with Gasteiger partial charge in [0.1, 0.15) is 5.82 Å². The molecule has 1 heterocycles. The van der Waals surface area contributed by atoms with Crippen molar-refractivity contribution in [1.29, 1.82) is 0 Å². The molecule has 3 rings (SSSR count). The summed E-state index contributed by atoms with van der Waals surface area (Å²) in [6.07, 6.45) is 4.82. The summed E-state index contributed by atoms with van der Waals surface area (Å²) >= 11 is 1.63. The lowest BCUT2D eigenvalue weighted by Crippen LogP contribution is -2.08. The number of rotatable bonds is 4. The van der Waals surface area contributed by atoms with Crippen molar-refractivity contribution in [3.63, 3.8) is 0 Å². The summed E-state index contributed by atoms with van der Waals surface area (Å²) in [5.41, 5.74) is 1.08. The smallest absolute Gasteiger partial charge is 0.210 e. The van der Waals surface area contributed by atoms with E-state index in [1.165, 1.54) is 25.0 Å². The van der Waals surface area contributed by atoms with Crippen LogP contribution in [0.2, 0.25) is 0 Å². The lowest BCUT2D eigenvalue weighted by atomic mass is 10.2. The average molecular weight is 292 g/mol. The Kier molecular flexibility index (Phi) is 4.00. The van der Waals surface area contributed by atoms with Crippen LogP contribution in [0.15, 0.2) is 29.4 Å². The van der Waals surface area contributed by atoms with Gasteiger partial charge in [0.15, 0.2) is 0 Å². The van der Waals surface area contributed by atoms with Gasteiger partial charge in [0.2, 0.25) is 5.16 Å². The number of thioether (sulfide) groups is 1. The van der Waals surface area contributed by atoms with Crippen LogP contribution in [0.3, 0.4) is 0 Å². The standard InChI is InChI=1S/C14H17FN4S/c1-10(11-6-8-12(15)9-7-11)20-14-16-17-18-19(14)13-4-2-3-5-13/h6-10,13H,2-5H2,1H3. The Morgan fingerprint density at radius 2 is 1.95 bits per heavy atom. The molecule has 0 bridgehead atoms. The Hall–Kier alpha value is -1.43. The molecule has 2 aromatic rings. The van der Waals surface area contributed by atoms with Crippen LogP contribution in [0, 0.1) is 5.82 Å². The van der Waals surface area contributed by atoms with Gasteiger partial charge in [-0.1, -0.05) is 36.7 Å². The van der Waals surface area contributed by atoms with E-state index in [-0.39, 0.29) is 11.1 Å². The van der Waals surface area contributed by atoms with Crippen LogP contribution in [-0.4, -0.2) is 20.2 Å². The van der Waals surface area contributed by atoms with E-state index in [9.17, 15) is 4.39 Å². The zero-order valence-electron chi connectivity index (χ0n) is 11.4. The Bertz CT molecular complexity index is 563. The van der Waals surface area contributed by atoms with Gasteiger partial charge in [-0.3, -0.25) is 0 Å². The van der Waals surface area contributed by atoms with Crippen LogP contribution in [-0.2, 0) is 0 Å². The average Bonchev–Trinajstić information content (AvgIpc) is 3.09. The SMILES string of the molecule is CC(Sc1nnnn1C1CCCC1)c1ccc(F)cc1. The van der Waals surface area contributed by atoms with Crippen molar-refractivity contribution < 1.29 is 4.39 Å². The minimum atomic E-state index is -0.207. The van der Waals surface area contributed by atoms with E-state index in [1.807, 2.05) is 16.8 Å². The van der Waals surface area contributed by atoms with Crippen LogP contribution in [0.1, 0.15) is 49.5 Å². The molecule has 0 radical (unpaired) electrons. The van der Waals surface area contributed by atoms with Crippen LogP contribution >= 0.6 is 11.8 Å². The zero-order chi connectivity index (χ0) is 13.9. The van der Waals surface area contributed by atoms with Crippen LogP contribution in [0.4, 0.5) is 4.39 Å². The summed E-state index contributed by atoms with van der Waals surface area (Å²) in [5.74, 6) is -0.207. The van der Waals surface area contributed by atoms with Gasteiger partial charge in [-0.2, -0.15) is 0 Å². The third-order valence-electron chi connectivity index (χ3n) is 3.75. The molecule has 1 atom stereocenters. The first-order valence-electron chi connectivity index (χ1n) is 6.94. The highest BCUT2D eigenvalue weighted by molar-refractivity contribution is 7.99. The number of benzene rings is 1. The van der Waals surface area contributed by atoms with Gasteiger partial charge in [0.25, 0.3) is 0 Å². The van der Waals surface area contributed by atoms with Crippen molar-refractivity contribution in [2.45, 2.75) is 49.1 Å². The van der Waals surface area contributed by atoms with Crippen molar-refractivity contribution in [3.8, 4) is 0 Å². The van der Waals surface area contributed by atoms with E-state index >= 15 is 0 Å². The quantitative estimate of drug-likeness (QED) is 0.804. The summed E-state index contributed by atoms with van der Waals surface area (Å²) in [5, 5.41) is 13.1. The molecule has 1 aliphatic rings. The fraction of sp³-hybridized carbons (Fsp3) is 0.500. The number of halogens is 1. The van der Waals surface area contributed by atoms with Gasteiger partial charge in [-0.05, 0) is 47.9 Å². The maximum absolute atomic E-state index is 13.0. The van der Waals surface area contributed by atoms with E-state index in [4.69, 9.17) is 0 Å². The molecule has 0 saturated heterocycles. The Morgan fingerprint density at radius 1 is 1.25 bits per heavy atom. The fourth-order valence-electron chi connectivity index (χ4n) is 2.60. The third kappa shape index (κ3) is 2.85. The van der Waals surface area contributed by atoms with E-state index in [1.54, 1.807) is 11.8 Å². The molecule has 6 heteroatoms. The van der Waals surface area contributed by atoms with Gasteiger partial charge < -0.3 is 0 Å². The maximum Gasteiger partial charge on any atom is 0.210 e. The first-order valence-corrected chi connectivity index (χ1v) is 7.82. The lowest BCUT2D eigenvalue weighted by molar-refractivity contribution is 0.423. The Morgan fingerprint density at radius 3 is 2.65 bits per heavy atom. The molecule has 1 unspecified atom stereocenters. The first-order chi connectivity index (χ1) is 9.74. The summed E-state index contributed by atoms with van der Waals surface area (Å²) in [4.78, 5) is 0. The molecule has 1 aliphatic carbocycles. The molecular formula is C14H17FN4S. The monoisotopic (exact) mass is 292 g/mol.